The summed E-state index contributed by atoms with van der Waals surface area (Å²) in [6.45, 7) is 6.42. The highest BCUT2D eigenvalue weighted by Crippen LogP contribution is 2.17. The molecule has 0 radical (unpaired) electrons. The van der Waals surface area contributed by atoms with E-state index >= 15 is 0 Å². The lowest BCUT2D eigenvalue weighted by molar-refractivity contribution is -0.167. The predicted octanol–water partition coefficient (Wildman–Crippen LogP) is 23.0. The minimum absolute atomic E-state index is 0.0780. The van der Waals surface area contributed by atoms with Gasteiger partial charge >= 0.3 is 17.9 Å². The van der Waals surface area contributed by atoms with Crippen molar-refractivity contribution in [2.75, 3.05) is 13.2 Å². The zero-order valence-electron chi connectivity index (χ0n) is 51.9. The second-order valence-corrected chi connectivity index (χ2v) is 22.0. The fourth-order valence-electron chi connectivity index (χ4n) is 9.35. The molecule has 0 spiro atoms. The molecule has 452 valence electrons. The van der Waals surface area contributed by atoms with Crippen LogP contribution in [0.3, 0.4) is 0 Å². The molecule has 6 nitrogen and oxygen atoms in total. The van der Waals surface area contributed by atoms with Crippen LogP contribution in [-0.2, 0) is 28.6 Å². The molecule has 0 rings (SSSR count). The van der Waals surface area contributed by atoms with Crippen molar-refractivity contribution in [3.63, 3.8) is 0 Å². The molecule has 0 aliphatic carbocycles. The minimum atomic E-state index is -0.781. The standard InChI is InChI=1S/C73H124O6/c1-4-7-10-13-16-19-21-23-25-27-29-31-33-35-36-38-39-41-43-45-47-49-51-54-57-60-63-66-72(75)78-69-70(68-77-71(74)65-62-59-56-53-18-15-12-9-6-3)79-73(76)67-64-61-58-55-52-50-48-46-44-42-40-37-34-32-30-28-26-24-22-20-17-14-11-8-5-2/h7-8,10-11,16-17,19-20,23-26,29-32,37,40,70H,4-6,9,12-15,18,21-22,27-28,33-36,38-39,41-69H2,1-3H3/b10-7-,11-8-,19-16-,20-17-,25-23-,26-24-,31-29-,32-30-,40-37-. The number of unbranched alkanes of at least 4 members (excludes halogenated alkanes) is 31. The second-order valence-electron chi connectivity index (χ2n) is 22.0. The highest BCUT2D eigenvalue weighted by Gasteiger charge is 2.19. The molecule has 0 aliphatic rings. The molecule has 0 aromatic rings. The third-order valence-corrected chi connectivity index (χ3v) is 14.3. The second kappa shape index (κ2) is 66.6. The summed E-state index contributed by atoms with van der Waals surface area (Å²) >= 11 is 0. The Labute approximate surface area is 489 Å². The van der Waals surface area contributed by atoms with Gasteiger partial charge in [0.15, 0.2) is 6.10 Å². The lowest BCUT2D eigenvalue weighted by Gasteiger charge is -2.18. The van der Waals surface area contributed by atoms with E-state index in [-0.39, 0.29) is 31.1 Å². The first-order valence-electron chi connectivity index (χ1n) is 33.4. The molecule has 0 aromatic carbocycles. The number of hydrogen-bond donors (Lipinski definition) is 0. The lowest BCUT2D eigenvalue weighted by atomic mass is 10.0. The molecular weight excluding hydrogens is 973 g/mol. The Morgan fingerprint density at radius 2 is 0.494 bits per heavy atom. The van der Waals surface area contributed by atoms with E-state index in [1.807, 2.05) is 0 Å². The van der Waals surface area contributed by atoms with Crippen LogP contribution in [0.5, 0.6) is 0 Å². The van der Waals surface area contributed by atoms with Crippen molar-refractivity contribution in [1.82, 2.24) is 0 Å². The van der Waals surface area contributed by atoms with E-state index in [0.717, 1.165) is 122 Å². The van der Waals surface area contributed by atoms with E-state index in [0.29, 0.717) is 19.3 Å². The van der Waals surface area contributed by atoms with Crippen molar-refractivity contribution in [3.05, 3.63) is 109 Å². The maximum Gasteiger partial charge on any atom is 0.306 e. The molecule has 0 fully saturated rings. The molecule has 79 heavy (non-hydrogen) atoms. The molecule has 0 heterocycles. The number of carbonyl (C=O) groups excluding carboxylic acids is 3. The largest absolute Gasteiger partial charge is 0.462 e. The normalized spacial score (nSPS) is 12.8. The van der Waals surface area contributed by atoms with Gasteiger partial charge in [-0.25, -0.2) is 0 Å². The van der Waals surface area contributed by atoms with Gasteiger partial charge in [-0.05, 0) is 103 Å². The minimum Gasteiger partial charge on any atom is -0.462 e. The summed E-state index contributed by atoms with van der Waals surface area (Å²) < 4.78 is 16.9. The van der Waals surface area contributed by atoms with Crippen molar-refractivity contribution in [2.45, 2.75) is 322 Å². The smallest absolute Gasteiger partial charge is 0.306 e. The fourth-order valence-corrected chi connectivity index (χ4v) is 9.35. The summed E-state index contributed by atoms with van der Waals surface area (Å²) in [5.41, 5.74) is 0. The zero-order chi connectivity index (χ0) is 57.1. The number of rotatable bonds is 60. The highest BCUT2D eigenvalue weighted by molar-refractivity contribution is 5.71. The van der Waals surface area contributed by atoms with Gasteiger partial charge in [-0.15, -0.1) is 0 Å². The number of carbonyl (C=O) groups is 3. The van der Waals surface area contributed by atoms with Crippen molar-refractivity contribution < 1.29 is 28.6 Å². The van der Waals surface area contributed by atoms with E-state index < -0.39 is 6.10 Å². The van der Waals surface area contributed by atoms with Gasteiger partial charge in [-0.1, -0.05) is 304 Å². The molecular formula is C73H124O6. The first-order valence-corrected chi connectivity index (χ1v) is 33.4. The van der Waals surface area contributed by atoms with Crippen molar-refractivity contribution in [3.8, 4) is 0 Å². The van der Waals surface area contributed by atoms with E-state index in [1.54, 1.807) is 0 Å². The molecule has 6 heteroatoms. The average molecular weight is 1100 g/mol. The Morgan fingerprint density at radius 3 is 0.772 bits per heavy atom. The summed E-state index contributed by atoms with van der Waals surface area (Å²) in [7, 11) is 0. The van der Waals surface area contributed by atoms with Crippen molar-refractivity contribution >= 4 is 17.9 Å². The van der Waals surface area contributed by atoms with Crippen LogP contribution >= 0.6 is 0 Å². The van der Waals surface area contributed by atoms with Gasteiger partial charge < -0.3 is 14.2 Å². The molecule has 0 bridgehead atoms. The van der Waals surface area contributed by atoms with E-state index in [9.17, 15) is 14.4 Å². The topological polar surface area (TPSA) is 78.9 Å². The van der Waals surface area contributed by atoms with Crippen LogP contribution in [0.2, 0.25) is 0 Å². The van der Waals surface area contributed by atoms with Crippen LogP contribution < -0.4 is 0 Å². The quantitative estimate of drug-likeness (QED) is 0.0261. The molecule has 1 unspecified atom stereocenters. The zero-order valence-corrected chi connectivity index (χ0v) is 51.9. The summed E-state index contributed by atoms with van der Waals surface area (Å²) in [5, 5.41) is 0. The van der Waals surface area contributed by atoms with Gasteiger partial charge in [0.05, 0.1) is 0 Å². The number of esters is 3. The monoisotopic (exact) mass is 1100 g/mol. The number of hydrogen-bond acceptors (Lipinski definition) is 6. The van der Waals surface area contributed by atoms with Crippen LogP contribution in [0.4, 0.5) is 0 Å². The molecule has 0 amide bonds. The summed E-state index contributed by atoms with van der Waals surface area (Å²) in [6, 6.07) is 0. The Bertz CT molecular complexity index is 1590. The molecule has 0 saturated carbocycles. The van der Waals surface area contributed by atoms with Gasteiger partial charge in [0, 0.05) is 19.3 Å². The Morgan fingerprint density at radius 1 is 0.266 bits per heavy atom. The predicted molar refractivity (Wildman–Crippen MR) is 343 cm³/mol. The number of allylic oxidation sites excluding steroid dienone is 18. The van der Waals surface area contributed by atoms with Crippen LogP contribution in [0.25, 0.3) is 0 Å². The van der Waals surface area contributed by atoms with Gasteiger partial charge in [-0.3, -0.25) is 14.4 Å². The third-order valence-electron chi connectivity index (χ3n) is 14.3. The van der Waals surface area contributed by atoms with E-state index in [2.05, 4.69) is 130 Å². The maximum absolute atomic E-state index is 12.9. The highest BCUT2D eigenvalue weighted by atomic mass is 16.6. The van der Waals surface area contributed by atoms with Gasteiger partial charge in [0.1, 0.15) is 13.2 Å². The molecule has 1 atom stereocenters. The Balaban J connectivity index is 4.20. The van der Waals surface area contributed by atoms with Crippen molar-refractivity contribution in [1.29, 1.82) is 0 Å². The summed E-state index contributed by atoms with van der Waals surface area (Å²) in [4.78, 5) is 38.3. The summed E-state index contributed by atoms with van der Waals surface area (Å²) in [5.74, 6) is -0.877. The Kier molecular flexibility index (Phi) is 63.3. The van der Waals surface area contributed by atoms with Crippen molar-refractivity contribution in [2.24, 2.45) is 0 Å². The molecule has 0 aliphatic heterocycles. The lowest BCUT2D eigenvalue weighted by Crippen LogP contribution is -2.30. The van der Waals surface area contributed by atoms with Crippen LogP contribution in [-0.4, -0.2) is 37.2 Å². The van der Waals surface area contributed by atoms with E-state index in [4.69, 9.17) is 14.2 Å². The van der Waals surface area contributed by atoms with Crippen LogP contribution in [0, 0.1) is 0 Å². The van der Waals surface area contributed by atoms with Crippen LogP contribution in [0.15, 0.2) is 109 Å². The third kappa shape index (κ3) is 64.8. The number of ether oxygens (including phenoxy) is 3. The Hall–Kier alpha value is -3.93. The SMILES string of the molecule is CC/C=C\C/C=C\C/C=C\C/C=C\C/C=C\CCCCCCCCCCCC(=O)OC(COC(=O)CCCCCCCCCCC)COC(=O)CCCCCCCCCCCCCCCC/C=C\C/C=C\C/C=C\C/C=C\CC. The molecule has 0 aromatic heterocycles. The van der Waals surface area contributed by atoms with E-state index in [1.165, 1.54) is 154 Å². The fraction of sp³-hybridized carbons (Fsp3) is 0.712. The first kappa shape index (κ1) is 75.1. The first-order chi connectivity index (χ1) is 39.0. The maximum atomic E-state index is 12.9. The van der Waals surface area contributed by atoms with Gasteiger partial charge in [0.2, 0.25) is 0 Å². The van der Waals surface area contributed by atoms with Gasteiger partial charge in [0.25, 0.3) is 0 Å². The molecule has 0 saturated heterocycles. The summed E-state index contributed by atoms with van der Waals surface area (Å²) in [6.07, 6.45) is 91.1. The van der Waals surface area contributed by atoms with Crippen LogP contribution in [0.1, 0.15) is 316 Å². The van der Waals surface area contributed by atoms with Gasteiger partial charge in [-0.2, -0.15) is 0 Å². The average Bonchev–Trinajstić information content (AvgIpc) is 3.45. The molecule has 0 N–H and O–H groups in total.